The normalized spacial score (nSPS) is 11.1. The van der Waals surface area contributed by atoms with Gasteiger partial charge in [0.2, 0.25) is 0 Å². The Labute approximate surface area is 141 Å². The Kier molecular flexibility index (Phi) is 4.15. The first-order chi connectivity index (χ1) is 11.4. The van der Waals surface area contributed by atoms with Gasteiger partial charge in [-0.2, -0.15) is 0 Å². The largest absolute Gasteiger partial charge is 0.329 e. The van der Waals surface area contributed by atoms with Crippen molar-refractivity contribution < 1.29 is 4.79 Å². The van der Waals surface area contributed by atoms with Crippen LogP contribution in [-0.4, -0.2) is 30.6 Å². The molecule has 0 atom stereocenters. The van der Waals surface area contributed by atoms with Crippen molar-refractivity contribution >= 4 is 28.7 Å². The summed E-state index contributed by atoms with van der Waals surface area (Å²) in [5.41, 5.74) is 1.34. The zero-order valence-corrected chi connectivity index (χ0v) is 14.3. The molecule has 3 aromatic rings. The van der Waals surface area contributed by atoms with Gasteiger partial charge in [-0.1, -0.05) is 41.6 Å². The van der Waals surface area contributed by atoms with Crippen LogP contribution in [0.25, 0.3) is 11.2 Å². The van der Waals surface area contributed by atoms with Crippen LogP contribution in [0.5, 0.6) is 0 Å². The van der Waals surface area contributed by atoms with Gasteiger partial charge in [0.1, 0.15) is 0 Å². The molecule has 124 valence electrons. The summed E-state index contributed by atoms with van der Waals surface area (Å²) in [7, 11) is 3.09. The molecule has 0 aliphatic rings. The molecule has 24 heavy (non-hydrogen) atoms. The minimum atomic E-state index is -0.516. The number of aromatic nitrogens is 4. The van der Waals surface area contributed by atoms with E-state index in [9.17, 15) is 14.4 Å². The Morgan fingerprint density at radius 1 is 1.17 bits per heavy atom. The van der Waals surface area contributed by atoms with Crippen LogP contribution in [-0.2, 0) is 14.1 Å². The molecule has 0 aliphatic heterocycles. The van der Waals surface area contributed by atoms with Crippen molar-refractivity contribution in [3.8, 4) is 0 Å². The van der Waals surface area contributed by atoms with E-state index >= 15 is 0 Å². The number of rotatable bonds is 4. The Balaban J connectivity index is 1.88. The number of carbonyl (C=O) groups excluding carboxylic acids is 1. The van der Waals surface area contributed by atoms with E-state index in [2.05, 4.69) is 9.97 Å². The molecule has 2 heterocycles. The van der Waals surface area contributed by atoms with Crippen LogP contribution < -0.4 is 11.2 Å². The maximum Gasteiger partial charge on any atom is 0.329 e. The van der Waals surface area contributed by atoms with Gasteiger partial charge in [-0.3, -0.25) is 19.1 Å². The zero-order valence-electron chi connectivity index (χ0n) is 13.5. The second-order valence-electron chi connectivity index (χ2n) is 5.52. The second-order valence-corrected chi connectivity index (χ2v) is 6.47. The van der Waals surface area contributed by atoms with Gasteiger partial charge < -0.3 is 4.57 Å². The maximum absolute atomic E-state index is 12.2. The van der Waals surface area contributed by atoms with E-state index in [-0.39, 0.29) is 17.2 Å². The Morgan fingerprint density at radius 2 is 1.83 bits per heavy atom. The SMILES string of the molecule is Cc1ccc(C(=O)CSc2nc3[nH]c(=O)n(C)c(=O)c3n2C)cc1. The molecule has 0 fully saturated rings. The molecule has 0 spiro atoms. The van der Waals surface area contributed by atoms with E-state index in [1.54, 1.807) is 23.7 Å². The van der Waals surface area contributed by atoms with Gasteiger partial charge in [0.05, 0.1) is 5.75 Å². The number of imidazole rings is 1. The minimum Gasteiger partial charge on any atom is -0.316 e. The number of Topliss-reactive ketones (excluding diaryl/α,β-unsaturated/α-hetero) is 1. The molecule has 0 saturated heterocycles. The maximum atomic E-state index is 12.2. The van der Waals surface area contributed by atoms with Crippen LogP contribution in [0, 0.1) is 6.92 Å². The van der Waals surface area contributed by atoms with Crippen molar-refractivity contribution in [1.82, 2.24) is 19.1 Å². The number of aryl methyl sites for hydroxylation is 2. The Bertz CT molecular complexity index is 1040. The summed E-state index contributed by atoms with van der Waals surface area (Å²) in [6, 6.07) is 7.36. The van der Waals surface area contributed by atoms with Crippen LogP contribution >= 0.6 is 11.8 Å². The standard InChI is InChI=1S/C16H16N4O3S/c1-9-4-6-10(7-5-9)11(21)8-24-16-18-13-12(19(16)2)14(22)20(3)15(23)17-13/h4-7H,8H2,1-3H3,(H,17,23). The van der Waals surface area contributed by atoms with Crippen molar-refractivity contribution in [3.05, 3.63) is 56.2 Å². The highest BCUT2D eigenvalue weighted by Gasteiger charge is 2.16. The molecular formula is C16H16N4O3S. The number of carbonyl (C=O) groups is 1. The van der Waals surface area contributed by atoms with Crippen molar-refractivity contribution in [1.29, 1.82) is 0 Å². The molecule has 0 unspecified atom stereocenters. The van der Waals surface area contributed by atoms with Gasteiger partial charge in [-0.05, 0) is 6.92 Å². The van der Waals surface area contributed by atoms with Crippen molar-refractivity contribution in [2.75, 3.05) is 5.75 Å². The van der Waals surface area contributed by atoms with E-state index in [0.717, 1.165) is 10.1 Å². The van der Waals surface area contributed by atoms with E-state index in [1.807, 2.05) is 19.1 Å². The van der Waals surface area contributed by atoms with Crippen molar-refractivity contribution in [3.63, 3.8) is 0 Å². The fraction of sp³-hybridized carbons (Fsp3) is 0.250. The summed E-state index contributed by atoms with van der Waals surface area (Å²) in [6.45, 7) is 1.96. The predicted octanol–water partition coefficient (Wildman–Crippen LogP) is 1.24. The number of hydrogen-bond acceptors (Lipinski definition) is 5. The lowest BCUT2D eigenvalue weighted by Crippen LogP contribution is -2.33. The first kappa shape index (κ1) is 16.3. The quantitative estimate of drug-likeness (QED) is 0.568. The highest BCUT2D eigenvalue weighted by atomic mass is 32.2. The van der Waals surface area contributed by atoms with Gasteiger partial charge in [0.15, 0.2) is 22.1 Å². The summed E-state index contributed by atoms with van der Waals surface area (Å²) >= 11 is 1.23. The molecule has 0 amide bonds. The van der Waals surface area contributed by atoms with Gasteiger partial charge in [-0.25, -0.2) is 9.78 Å². The summed E-state index contributed by atoms with van der Waals surface area (Å²) in [4.78, 5) is 42.9. The summed E-state index contributed by atoms with van der Waals surface area (Å²) < 4.78 is 2.59. The predicted molar refractivity (Wildman–Crippen MR) is 92.8 cm³/mol. The average molecular weight is 344 g/mol. The average Bonchev–Trinajstić information content (AvgIpc) is 2.87. The van der Waals surface area contributed by atoms with Crippen LogP contribution in [0.15, 0.2) is 39.0 Å². The summed E-state index contributed by atoms with van der Waals surface area (Å²) in [5.74, 6) is 0.179. The molecule has 3 rings (SSSR count). The van der Waals surface area contributed by atoms with Gasteiger partial charge in [0.25, 0.3) is 5.56 Å². The Hall–Kier alpha value is -2.61. The minimum absolute atomic E-state index is 0.0200. The molecule has 1 aromatic carbocycles. The third-order valence-corrected chi connectivity index (χ3v) is 4.83. The first-order valence-electron chi connectivity index (χ1n) is 7.27. The smallest absolute Gasteiger partial charge is 0.316 e. The van der Waals surface area contributed by atoms with Gasteiger partial charge >= 0.3 is 5.69 Å². The van der Waals surface area contributed by atoms with E-state index in [4.69, 9.17) is 0 Å². The van der Waals surface area contributed by atoms with Crippen LogP contribution in [0.3, 0.4) is 0 Å². The van der Waals surface area contributed by atoms with Crippen molar-refractivity contribution in [2.45, 2.75) is 12.1 Å². The number of aromatic amines is 1. The molecule has 1 N–H and O–H groups in total. The second kappa shape index (κ2) is 6.12. The molecule has 0 saturated carbocycles. The highest BCUT2D eigenvalue weighted by molar-refractivity contribution is 7.99. The molecule has 7 nitrogen and oxygen atoms in total. The third-order valence-electron chi connectivity index (χ3n) is 3.80. The lowest BCUT2D eigenvalue weighted by molar-refractivity contribution is 0.102. The van der Waals surface area contributed by atoms with Crippen LogP contribution in [0.4, 0.5) is 0 Å². The Morgan fingerprint density at radius 3 is 2.50 bits per heavy atom. The number of hydrogen-bond donors (Lipinski definition) is 1. The lowest BCUT2D eigenvalue weighted by Gasteiger charge is -2.03. The molecule has 2 aromatic heterocycles. The molecule has 0 bridgehead atoms. The number of H-pyrrole nitrogens is 1. The number of nitrogens with one attached hydrogen (secondary N) is 1. The third kappa shape index (κ3) is 2.80. The fourth-order valence-corrected chi connectivity index (χ4v) is 3.20. The first-order valence-corrected chi connectivity index (χ1v) is 8.25. The van der Waals surface area contributed by atoms with E-state index in [1.165, 1.54) is 18.8 Å². The monoisotopic (exact) mass is 344 g/mol. The number of fused-ring (bicyclic) bond motifs is 1. The van der Waals surface area contributed by atoms with Gasteiger partial charge in [0, 0.05) is 19.7 Å². The number of thioether (sulfide) groups is 1. The number of benzene rings is 1. The number of ketones is 1. The number of nitrogens with zero attached hydrogens (tertiary/aromatic N) is 3. The topological polar surface area (TPSA) is 89.8 Å². The molecular weight excluding hydrogens is 328 g/mol. The van der Waals surface area contributed by atoms with Crippen molar-refractivity contribution in [2.24, 2.45) is 14.1 Å². The van der Waals surface area contributed by atoms with E-state index in [0.29, 0.717) is 16.2 Å². The van der Waals surface area contributed by atoms with Crippen LogP contribution in [0.2, 0.25) is 0 Å². The lowest BCUT2D eigenvalue weighted by atomic mass is 10.1. The fourth-order valence-electron chi connectivity index (χ4n) is 2.33. The zero-order chi connectivity index (χ0) is 17.4. The molecule has 0 radical (unpaired) electrons. The van der Waals surface area contributed by atoms with E-state index < -0.39 is 11.2 Å². The summed E-state index contributed by atoms with van der Waals surface area (Å²) in [6.07, 6.45) is 0. The molecule has 8 heteroatoms. The molecule has 0 aliphatic carbocycles. The highest BCUT2D eigenvalue weighted by Crippen LogP contribution is 2.20. The summed E-state index contributed by atoms with van der Waals surface area (Å²) in [5, 5.41) is 0.504. The van der Waals surface area contributed by atoms with Gasteiger partial charge in [-0.15, -0.1) is 0 Å². The van der Waals surface area contributed by atoms with Crippen LogP contribution in [0.1, 0.15) is 15.9 Å².